The lowest BCUT2D eigenvalue weighted by atomic mass is 9.89. The second-order valence-electron chi connectivity index (χ2n) is 5.27. The number of unbranched alkanes of at least 4 members (excludes halogenated alkanes) is 1. The summed E-state index contributed by atoms with van der Waals surface area (Å²) in [5.74, 6) is -0.833. The van der Waals surface area contributed by atoms with Crippen LogP contribution < -0.4 is 0 Å². The zero-order valence-electron chi connectivity index (χ0n) is 11.7. The molecule has 0 amide bonds. The molecule has 1 fully saturated rings. The summed E-state index contributed by atoms with van der Waals surface area (Å²) in [5.41, 5.74) is 0. The molecule has 0 unspecified atom stereocenters. The first kappa shape index (κ1) is 17.0. The Kier molecular flexibility index (Phi) is 7.63. The third-order valence-corrected chi connectivity index (χ3v) is 3.75. The molecular formula is C15H23BO4. The van der Waals surface area contributed by atoms with Crippen LogP contribution in [0.25, 0.3) is 0 Å². The molecule has 0 bridgehead atoms. The lowest BCUT2D eigenvalue weighted by Crippen LogP contribution is -2.19. The summed E-state index contributed by atoms with van der Waals surface area (Å²) in [6.45, 7) is 0. The fourth-order valence-electron chi connectivity index (χ4n) is 2.68. The van der Waals surface area contributed by atoms with E-state index in [1.807, 2.05) is 24.3 Å². The molecule has 0 aromatic rings. The zero-order valence-corrected chi connectivity index (χ0v) is 11.7. The average Bonchev–Trinajstić information content (AvgIpc) is 2.65. The first-order valence-electron chi connectivity index (χ1n) is 7.16. The van der Waals surface area contributed by atoms with E-state index < -0.39 is 18.2 Å². The van der Waals surface area contributed by atoms with Crippen molar-refractivity contribution in [3.8, 4) is 0 Å². The zero-order chi connectivity index (χ0) is 15.0. The third kappa shape index (κ3) is 5.51. The highest BCUT2D eigenvalue weighted by Gasteiger charge is 2.39. The van der Waals surface area contributed by atoms with Crippen LogP contribution in [0.3, 0.4) is 0 Å². The van der Waals surface area contributed by atoms with Crippen LogP contribution in [0.1, 0.15) is 32.1 Å². The van der Waals surface area contributed by atoms with E-state index in [1.165, 1.54) is 0 Å². The van der Waals surface area contributed by atoms with Crippen molar-refractivity contribution in [3.63, 3.8) is 0 Å². The average molecular weight is 278 g/mol. The predicted molar refractivity (Wildman–Crippen MR) is 78.6 cm³/mol. The van der Waals surface area contributed by atoms with Gasteiger partial charge in [-0.1, -0.05) is 30.6 Å². The highest BCUT2D eigenvalue weighted by molar-refractivity contribution is 6.09. The van der Waals surface area contributed by atoms with Crippen LogP contribution >= 0.6 is 0 Å². The van der Waals surface area contributed by atoms with E-state index in [9.17, 15) is 15.0 Å². The number of hydrogen-bond acceptors (Lipinski definition) is 3. The van der Waals surface area contributed by atoms with Crippen LogP contribution in [0.15, 0.2) is 24.3 Å². The van der Waals surface area contributed by atoms with Crippen molar-refractivity contribution < 1.29 is 20.1 Å². The Morgan fingerprint density at radius 2 is 1.95 bits per heavy atom. The molecule has 110 valence electrons. The molecule has 0 aromatic carbocycles. The van der Waals surface area contributed by atoms with Gasteiger partial charge in [-0.2, -0.15) is 0 Å². The molecule has 4 nitrogen and oxygen atoms in total. The number of rotatable bonds is 8. The molecule has 3 N–H and O–H groups in total. The third-order valence-electron chi connectivity index (χ3n) is 3.75. The number of aliphatic hydroxyl groups excluding tert-OH is 2. The van der Waals surface area contributed by atoms with Gasteiger partial charge >= 0.3 is 5.97 Å². The molecule has 1 rings (SSSR count). The minimum Gasteiger partial charge on any atom is -0.481 e. The largest absolute Gasteiger partial charge is 0.481 e. The van der Waals surface area contributed by atoms with Crippen LogP contribution in [0.2, 0.25) is 6.32 Å². The van der Waals surface area contributed by atoms with Gasteiger partial charge in [0.1, 0.15) is 0 Å². The Bertz CT molecular complexity index is 354. The molecule has 0 spiro atoms. The highest BCUT2D eigenvalue weighted by Crippen LogP contribution is 2.36. The number of carboxylic acids is 1. The summed E-state index contributed by atoms with van der Waals surface area (Å²) < 4.78 is 0. The van der Waals surface area contributed by atoms with Gasteiger partial charge in [0.05, 0.1) is 20.1 Å². The normalized spacial score (nSPS) is 30.5. The molecule has 0 aliphatic heterocycles. The number of carboxylic acid groups (broad SMARTS) is 1. The summed E-state index contributed by atoms with van der Waals surface area (Å²) in [6, 6.07) is 0. The number of allylic oxidation sites excluding steroid dienone is 3. The molecule has 0 heterocycles. The van der Waals surface area contributed by atoms with Crippen LogP contribution in [0.4, 0.5) is 0 Å². The monoisotopic (exact) mass is 278 g/mol. The molecule has 4 atom stereocenters. The Labute approximate surface area is 121 Å². The van der Waals surface area contributed by atoms with Gasteiger partial charge in [-0.3, -0.25) is 4.79 Å². The van der Waals surface area contributed by atoms with Crippen molar-refractivity contribution in [3.05, 3.63) is 24.3 Å². The summed E-state index contributed by atoms with van der Waals surface area (Å²) in [6.07, 6.45) is 9.65. The van der Waals surface area contributed by atoms with Gasteiger partial charge in [0.15, 0.2) is 0 Å². The van der Waals surface area contributed by atoms with Crippen LogP contribution in [-0.4, -0.2) is 41.3 Å². The molecule has 0 aromatic heterocycles. The highest BCUT2D eigenvalue weighted by atomic mass is 16.4. The molecule has 2 radical (unpaired) electrons. The van der Waals surface area contributed by atoms with Gasteiger partial charge in [-0.15, -0.1) is 0 Å². The maximum absolute atomic E-state index is 10.4. The van der Waals surface area contributed by atoms with E-state index in [2.05, 4.69) is 0 Å². The SMILES string of the molecule is [B]C/C=C/[C@@H]1[C@@H](C/C=C\CCCC(=O)O)[C@@H](O)C[C@H]1O. The fourth-order valence-corrected chi connectivity index (χ4v) is 2.68. The quantitative estimate of drug-likeness (QED) is 0.358. The van der Waals surface area contributed by atoms with E-state index in [1.54, 1.807) is 0 Å². The Morgan fingerprint density at radius 1 is 1.20 bits per heavy atom. The van der Waals surface area contributed by atoms with Crippen molar-refractivity contribution >= 4 is 13.8 Å². The predicted octanol–water partition coefficient (Wildman–Crippen LogP) is 1.69. The molecule has 20 heavy (non-hydrogen) atoms. The Balaban J connectivity index is 2.41. The van der Waals surface area contributed by atoms with Gasteiger partial charge in [0, 0.05) is 18.8 Å². The number of carbonyl (C=O) groups is 1. The standard InChI is InChI=1S/C15H23BO4/c16-9-5-7-12-11(13(17)10-14(12)18)6-3-1-2-4-8-15(19)20/h1,3,5,7,11-14,17-18H,2,4,6,8-10H2,(H,19,20)/b3-1-,7-5+/t11-,12-,13+,14-/m1/s1. The lowest BCUT2D eigenvalue weighted by molar-refractivity contribution is -0.137. The minimum absolute atomic E-state index is 0.00326. The maximum atomic E-state index is 10.4. The van der Waals surface area contributed by atoms with E-state index in [0.29, 0.717) is 25.6 Å². The molecule has 1 saturated carbocycles. The van der Waals surface area contributed by atoms with Crippen molar-refractivity contribution in [1.29, 1.82) is 0 Å². The molecule has 1 aliphatic rings. The summed E-state index contributed by atoms with van der Waals surface area (Å²) >= 11 is 0. The lowest BCUT2D eigenvalue weighted by Gasteiger charge is -2.19. The first-order chi connectivity index (χ1) is 9.56. The van der Waals surface area contributed by atoms with Crippen LogP contribution in [0, 0.1) is 11.8 Å². The second kappa shape index (κ2) is 8.98. The number of aliphatic carboxylic acids is 1. The Morgan fingerprint density at radius 3 is 2.60 bits per heavy atom. The second-order valence-corrected chi connectivity index (χ2v) is 5.27. The maximum Gasteiger partial charge on any atom is 0.303 e. The van der Waals surface area contributed by atoms with Gasteiger partial charge in [-0.25, -0.2) is 0 Å². The molecule has 1 aliphatic carbocycles. The smallest absolute Gasteiger partial charge is 0.303 e. The topological polar surface area (TPSA) is 77.8 Å². The number of aliphatic hydroxyl groups is 2. The Hall–Kier alpha value is -1.07. The van der Waals surface area contributed by atoms with Gasteiger partial charge in [0.25, 0.3) is 0 Å². The number of hydrogen-bond donors (Lipinski definition) is 3. The first-order valence-corrected chi connectivity index (χ1v) is 7.16. The molecule has 0 saturated heterocycles. The van der Waals surface area contributed by atoms with Crippen molar-refractivity contribution in [1.82, 2.24) is 0 Å². The van der Waals surface area contributed by atoms with Gasteiger partial charge < -0.3 is 15.3 Å². The summed E-state index contributed by atoms with van der Waals surface area (Å²) in [5, 5.41) is 28.4. The van der Waals surface area contributed by atoms with Gasteiger partial charge in [-0.05, 0) is 25.2 Å². The van der Waals surface area contributed by atoms with E-state index in [0.717, 1.165) is 6.42 Å². The minimum atomic E-state index is -0.778. The summed E-state index contributed by atoms with van der Waals surface area (Å²) in [4.78, 5) is 10.4. The fraction of sp³-hybridized carbons (Fsp3) is 0.667. The molecular weight excluding hydrogens is 255 g/mol. The van der Waals surface area contributed by atoms with Crippen LogP contribution in [-0.2, 0) is 4.79 Å². The van der Waals surface area contributed by atoms with Crippen molar-refractivity contribution in [2.24, 2.45) is 11.8 Å². The van der Waals surface area contributed by atoms with E-state index >= 15 is 0 Å². The van der Waals surface area contributed by atoms with Gasteiger partial charge in [0.2, 0.25) is 0 Å². The van der Waals surface area contributed by atoms with Crippen LogP contribution in [0.5, 0.6) is 0 Å². The van der Waals surface area contributed by atoms with Crippen molar-refractivity contribution in [2.75, 3.05) is 0 Å². The van der Waals surface area contributed by atoms with Crippen molar-refractivity contribution in [2.45, 2.75) is 50.6 Å². The van der Waals surface area contributed by atoms with E-state index in [4.69, 9.17) is 13.0 Å². The van der Waals surface area contributed by atoms with E-state index in [-0.39, 0.29) is 18.3 Å². The summed E-state index contributed by atoms with van der Waals surface area (Å²) in [7, 11) is 5.42. The molecule has 5 heteroatoms.